The van der Waals surface area contributed by atoms with Crippen LogP contribution in [0.3, 0.4) is 0 Å². The second kappa shape index (κ2) is 5.54. The minimum Gasteiger partial charge on any atom is -0.488 e. The summed E-state index contributed by atoms with van der Waals surface area (Å²) in [6.07, 6.45) is 0. The number of nitrogens with zero attached hydrogens (tertiary/aromatic N) is 1. The van der Waals surface area contributed by atoms with Gasteiger partial charge < -0.3 is 4.74 Å². The molecule has 0 aliphatic carbocycles. The Balaban J connectivity index is 2.05. The molecule has 5 heteroatoms. The van der Waals surface area contributed by atoms with Gasteiger partial charge >= 0.3 is 0 Å². The fourth-order valence-electron chi connectivity index (χ4n) is 1.26. The Morgan fingerprint density at radius 2 is 2.24 bits per heavy atom. The molecule has 0 amide bonds. The summed E-state index contributed by atoms with van der Waals surface area (Å²) < 4.78 is 6.64. The number of nitriles is 1. The highest BCUT2D eigenvalue weighted by Crippen LogP contribution is 2.24. The summed E-state index contributed by atoms with van der Waals surface area (Å²) in [6, 6.07) is 9.07. The maximum absolute atomic E-state index is 8.74. The highest BCUT2D eigenvalue weighted by atomic mass is 79.9. The van der Waals surface area contributed by atoms with Crippen LogP contribution in [-0.4, -0.2) is 0 Å². The van der Waals surface area contributed by atoms with Crippen LogP contribution in [-0.2, 0) is 6.61 Å². The molecule has 0 spiro atoms. The molecule has 0 unspecified atom stereocenters. The largest absolute Gasteiger partial charge is 0.488 e. The van der Waals surface area contributed by atoms with Crippen LogP contribution < -0.4 is 4.74 Å². The Bertz CT molecular complexity index is 576. The van der Waals surface area contributed by atoms with Crippen LogP contribution in [0.4, 0.5) is 0 Å². The van der Waals surface area contributed by atoms with Crippen molar-refractivity contribution in [1.29, 1.82) is 5.26 Å². The second-order valence-electron chi connectivity index (χ2n) is 3.27. The quantitative estimate of drug-likeness (QED) is 0.824. The summed E-state index contributed by atoms with van der Waals surface area (Å²) in [4.78, 5) is 1.12. The number of rotatable bonds is 3. The maximum Gasteiger partial charge on any atom is 0.122 e. The van der Waals surface area contributed by atoms with Crippen LogP contribution in [0.1, 0.15) is 10.4 Å². The fraction of sp³-hybridized carbons (Fsp3) is 0.0833. The van der Waals surface area contributed by atoms with Crippen molar-refractivity contribution < 1.29 is 4.74 Å². The lowest BCUT2D eigenvalue weighted by atomic mass is 10.2. The minimum absolute atomic E-state index is 0.414. The first kappa shape index (κ1) is 12.4. The molecule has 0 N–H and O–H groups in total. The third-order valence-corrected chi connectivity index (χ3v) is 4.05. The topological polar surface area (TPSA) is 33.0 Å². The molecule has 1 heterocycles. The van der Waals surface area contributed by atoms with E-state index in [0.717, 1.165) is 9.35 Å². The van der Waals surface area contributed by atoms with E-state index in [4.69, 9.17) is 21.6 Å². The van der Waals surface area contributed by atoms with Gasteiger partial charge in [0.25, 0.3) is 0 Å². The summed E-state index contributed by atoms with van der Waals surface area (Å²) in [5.74, 6) is 0.665. The lowest BCUT2D eigenvalue weighted by Gasteiger charge is -2.05. The molecular formula is C12H7BrClNOS. The number of halogens is 2. The fourth-order valence-corrected chi connectivity index (χ4v) is 2.84. The highest BCUT2D eigenvalue weighted by molar-refractivity contribution is 9.10. The molecule has 0 aliphatic rings. The Morgan fingerprint density at radius 3 is 2.82 bits per heavy atom. The number of hydrogen-bond acceptors (Lipinski definition) is 3. The van der Waals surface area contributed by atoms with Gasteiger partial charge in [-0.3, -0.25) is 0 Å². The molecule has 0 aliphatic heterocycles. The smallest absolute Gasteiger partial charge is 0.122 e. The molecule has 86 valence electrons. The van der Waals surface area contributed by atoms with Crippen LogP contribution in [0.25, 0.3) is 0 Å². The van der Waals surface area contributed by atoms with Crippen molar-refractivity contribution in [3.63, 3.8) is 0 Å². The van der Waals surface area contributed by atoms with Crippen LogP contribution in [0.2, 0.25) is 5.02 Å². The van der Waals surface area contributed by atoms with Gasteiger partial charge in [-0.15, -0.1) is 11.3 Å². The predicted molar refractivity (Wildman–Crippen MR) is 72.5 cm³/mol. The van der Waals surface area contributed by atoms with E-state index in [0.29, 0.717) is 22.9 Å². The zero-order chi connectivity index (χ0) is 12.3. The molecule has 0 radical (unpaired) electrons. The monoisotopic (exact) mass is 327 g/mol. The van der Waals surface area contributed by atoms with Gasteiger partial charge in [-0.2, -0.15) is 5.26 Å². The first-order valence-electron chi connectivity index (χ1n) is 4.74. The van der Waals surface area contributed by atoms with Crippen molar-refractivity contribution in [3.05, 3.63) is 49.6 Å². The van der Waals surface area contributed by atoms with Crippen LogP contribution in [0.15, 0.2) is 34.1 Å². The molecule has 1 aromatic carbocycles. The van der Waals surface area contributed by atoms with E-state index in [1.54, 1.807) is 29.5 Å². The van der Waals surface area contributed by atoms with Gasteiger partial charge in [0.1, 0.15) is 18.4 Å². The van der Waals surface area contributed by atoms with E-state index in [1.165, 1.54) is 0 Å². The van der Waals surface area contributed by atoms with E-state index in [2.05, 4.69) is 15.9 Å². The van der Waals surface area contributed by atoms with Crippen LogP contribution in [0, 0.1) is 11.3 Å². The molecule has 0 saturated carbocycles. The van der Waals surface area contributed by atoms with Gasteiger partial charge in [0, 0.05) is 20.8 Å². The normalized spacial score (nSPS) is 9.94. The van der Waals surface area contributed by atoms with Gasteiger partial charge in [0.2, 0.25) is 0 Å². The van der Waals surface area contributed by atoms with Gasteiger partial charge in [0.05, 0.1) is 10.6 Å². The second-order valence-corrected chi connectivity index (χ2v) is 5.59. The van der Waals surface area contributed by atoms with Crippen molar-refractivity contribution in [2.24, 2.45) is 0 Å². The first-order valence-corrected chi connectivity index (χ1v) is 6.79. The number of hydrogen-bond donors (Lipinski definition) is 0. The molecule has 0 saturated heterocycles. The lowest BCUT2D eigenvalue weighted by molar-refractivity contribution is 0.310. The summed E-state index contributed by atoms with van der Waals surface area (Å²) >= 11 is 10.9. The Morgan fingerprint density at radius 1 is 1.41 bits per heavy atom. The van der Waals surface area contributed by atoms with Crippen molar-refractivity contribution in [2.45, 2.75) is 6.61 Å². The summed E-state index contributed by atoms with van der Waals surface area (Å²) in [5, 5.41) is 11.2. The molecule has 1 aromatic heterocycles. The maximum atomic E-state index is 8.74. The Kier molecular flexibility index (Phi) is 4.06. The standard InChI is InChI=1S/C12H7BrClNOS/c13-9-3-11(17-7-9)6-16-10-2-1-8(5-15)12(14)4-10/h1-4,7H,6H2. The zero-order valence-corrected chi connectivity index (χ0v) is 11.8. The summed E-state index contributed by atoms with van der Waals surface area (Å²) in [5.41, 5.74) is 0.456. The predicted octanol–water partition coefficient (Wildman–Crippen LogP) is 4.61. The van der Waals surface area contributed by atoms with Gasteiger partial charge in [-0.05, 0) is 34.1 Å². The van der Waals surface area contributed by atoms with Gasteiger partial charge in [-0.25, -0.2) is 0 Å². The SMILES string of the molecule is N#Cc1ccc(OCc2cc(Br)cs2)cc1Cl. The van der Waals surface area contributed by atoms with Crippen molar-refractivity contribution >= 4 is 38.9 Å². The van der Waals surface area contributed by atoms with E-state index < -0.39 is 0 Å². The molecule has 17 heavy (non-hydrogen) atoms. The van der Waals surface area contributed by atoms with Crippen molar-refractivity contribution in [3.8, 4) is 11.8 Å². The van der Waals surface area contributed by atoms with Gasteiger partial charge in [-0.1, -0.05) is 11.6 Å². The Hall–Kier alpha value is -1.02. The van der Waals surface area contributed by atoms with E-state index in [1.807, 2.05) is 17.5 Å². The molecule has 2 rings (SSSR count). The van der Waals surface area contributed by atoms with Crippen molar-refractivity contribution in [1.82, 2.24) is 0 Å². The summed E-state index contributed by atoms with van der Waals surface area (Å²) in [7, 11) is 0. The first-order chi connectivity index (χ1) is 8.19. The third-order valence-electron chi connectivity index (χ3n) is 2.06. The molecule has 0 bridgehead atoms. The van der Waals surface area contributed by atoms with E-state index in [9.17, 15) is 0 Å². The van der Waals surface area contributed by atoms with Crippen LogP contribution >= 0.6 is 38.9 Å². The van der Waals surface area contributed by atoms with E-state index >= 15 is 0 Å². The number of thiophene rings is 1. The Labute approximate surface area is 117 Å². The summed E-state index contributed by atoms with van der Waals surface area (Å²) in [6.45, 7) is 0.499. The average Bonchev–Trinajstić information content (AvgIpc) is 2.73. The number of ether oxygens (including phenoxy) is 1. The molecule has 0 atom stereocenters. The third kappa shape index (κ3) is 3.22. The molecule has 0 fully saturated rings. The molecular weight excluding hydrogens is 322 g/mol. The average molecular weight is 329 g/mol. The van der Waals surface area contributed by atoms with Crippen LogP contribution in [0.5, 0.6) is 5.75 Å². The highest BCUT2D eigenvalue weighted by Gasteiger charge is 2.03. The lowest BCUT2D eigenvalue weighted by Crippen LogP contribution is -1.93. The molecule has 2 aromatic rings. The molecule has 2 nitrogen and oxygen atoms in total. The van der Waals surface area contributed by atoms with E-state index in [-0.39, 0.29) is 0 Å². The van der Waals surface area contributed by atoms with Gasteiger partial charge in [0.15, 0.2) is 0 Å². The minimum atomic E-state index is 0.414. The number of benzene rings is 1. The van der Waals surface area contributed by atoms with Crippen molar-refractivity contribution in [2.75, 3.05) is 0 Å². The zero-order valence-electron chi connectivity index (χ0n) is 8.61.